The molecule has 0 spiro atoms. The van der Waals surface area contributed by atoms with Crippen molar-refractivity contribution in [2.24, 2.45) is 17.3 Å². The zero-order chi connectivity index (χ0) is 14.5. The molecule has 2 heteroatoms. The molecule has 4 aliphatic carbocycles. The van der Waals surface area contributed by atoms with Crippen molar-refractivity contribution < 1.29 is 4.79 Å². The van der Waals surface area contributed by atoms with Gasteiger partial charge in [0.05, 0.1) is 6.54 Å². The van der Waals surface area contributed by atoms with Gasteiger partial charge in [-0.3, -0.25) is 4.79 Å². The maximum Gasteiger partial charge on any atom is 0.152 e. The fourth-order valence-corrected chi connectivity index (χ4v) is 6.07. The number of hydrogen-bond acceptors (Lipinski definition) is 2. The molecule has 4 aliphatic rings. The molecule has 0 radical (unpaired) electrons. The van der Waals surface area contributed by atoms with E-state index < -0.39 is 0 Å². The molecule has 0 heterocycles. The van der Waals surface area contributed by atoms with Crippen molar-refractivity contribution in [2.45, 2.75) is 43.9 Å². The molecule has 0 aromatic heterocycles. The number of nitrogens with one attached hydrogen (secondary N) is 1. The van der Waals surface area contributed by atoms with E-state index in [9.17, 15) is 4.79 Å². The number of likely N-dealkylation sites (N-methyl/N-ethyl adjacent to an activating group) is 1. The zero-order valence-corrected chi connectivity index (χ0v) is 12.9. The maximum atomic E-state index is 12.8. The molecule has 2 nitrogen and oxygen atoms in total. The molecular formula is C19H25NO. The lowest BCUT2D eigenvalue weighted by atomic mass is 9.42. The van der Waals surface area contributed by atoms with E-state index in [-0.39, 0.29) is 10.8 Å². The summed E-state index contributed by atoms with van der Waals surface area (Å²) in [6.07, 6.45) is 7.38. The molecule has 4 saturated carbocycles. The highest BCUT2D eigenvalue weighted by molar-refractivity contribution is 5.87. The molecule has 1 N–H and O–H groups in total. The molecule has 0 aliphatic heterocycles. The van der Waals surface area contributed by atoms with Crippen LogP contribution in [-0.2, 0) is 10.2 Å². The SMILES string of the molecule is CNCC(=O)C12CC3CC(C1)CC(c1ccccc1)(C3)C2. The molecule has 112 valence electrons. The van der Waals surface area contributed by atoms with Gasteiger partial charge in [0.15, 0.2) is 5.78 Å². The van der Waals surface area contributed by atoms with Crippen molar-refractivity contribution in [1.29, 1.82) is 0 Å². The second-order valence-corrected chi connectivity index (χ2v) is 7.84. The van der Waals surface area contributed by atoms with Gasteiger partial charge in [0, 0.05) is 5.41 Å². The second-order valence-electron chi connectivity index (χ2n) is 7.84. The Balaban J connectivity index is 1.73. The largest absolute Gasteiger partial charge is 0.313 e. The third-order valence-electron chi connectivity index (χ3n) is 6.38. The summed E-state index contributed by atoms with van der Waals surface area (Å²) in [6, 6.07) is 11.0. The minimum absolute atomic E-state index is 0.0249. The highest BCUT2D eigenvalue weighted by Gasteiger charge is 2.60. The summed E-state index contributed by atoms with van der Waals surface area (Å²) in [6.45, 7) is 0.546. The number of rotatable bonds is 4. The van der Waals surface area contributed by atoms with Crippen LogP contribution in [0.1, 0.15) is 44.1 Å². The highest BCUT2D eigenvalue weighted by atomic mass is 16.1. The van der Waals surface area contributed by atoms with Crippen LogP contribution < -0.4 is 5.32 Å². The van der Waals surface area contributed by atoms with E-state index in [2.05, 4.69) is 35.6 Å². The average Bonchev–Trinajstić information content (AvgIpc) is 2.47. The van der Waals surface area contributed by atoms with Gasteiger partial charge in [-0.05, 0) is 68.4 Å². The van der Waals surface area contributed by atoms with Gasteiger partial charge >= 0.3 is 0 Å². The predicted octanol–water partition coefficient (Wildman–Crippen LogP) is 3.31. The number of Topliss-reactive ketones (excluding diaryl/α,β-unsaturated/α-hetero) is 1. The molecule has 2 atom stereocenters. The summed E-state index contributed by atoms with van der Waals surface area (Å²) >= 11 is 0. The van der Waals surface area contributed by atoms with Crippen LogP contribution in [0, 0.1) is 17.3 Å². The Morgan fingerprint density at radius 3 is 2.43 bits per heavy atom. The quantitative estimate of drug-likeness (QED) is 0.918. The third kappa shape index (κ3) is 1.99. The molecule has 5 rings (SSSR count). The molecular weight excluding hydrogens is 258 g/mol. The minimum atomic E-state index is -0.0249. The van der Waals surface area contributed by atoms with E-state index in [1.165, 1.54) is 24.8 Å². The Kier molecular flexibility index (Phi) is 3.01. The van der Waals surface area contributed by atoms with E-state index in [1.54, 1.807) is 0 Å². The van der Waals surface area contributed by atoms with Crippen LogP contribution >= 0.6 is 0 Å². The van der Waals surface area contributed by atoms with Gasteiger partial charge in [0.2, 0.25) is 0 Å². The van der Waals surface area contributed by atoms with E-state index in [4.69, 9.17) is 0 Å². The predicted molar refractivity (Wildman–Crippen MR) is 84.2 cm³/mol. The first kappa shape index (κ1) is 13.5. The third-order valence-corrected chi connectivity index (χ3v) is 6.38. The lowest BCUT2D eigenvalue weighted by Crippen LogP contribution is -2.57. The Labute approximate surface area is 127 Å². The van der Waals surface area contributed by atoms with Crippen molar-refractivity contribution in [3.8, 4) is 0 Å². The van der Waals surface area contributed by atoms with Crippen LogP contribution in [0.5, 0.6) is 0 Å². The maximum absolute atomic E-state index is 12.8. The van der Waals surface area contributed by atoms with Crippen molar-refractivity contribution in [3.63, 3.8) is 0 Å². The molecule has 1 aromatic rings. The molecule has 4 fully saturated rings. The highest BCUT2D eigenvalue weighted by Crippen LogP contribution is 2.65. The standard InChI is InChI=1S/C19H25NO/c1-20-12-17(21)19-10-14-7-15(11-19)9-18(8-14,13-19)16-5-3-2-4-6-16/h2-6,14-15,20H,7-13H2,1H3. The van der Waals surface area contributed by atoms with Crippen molar-refractivity contribution in [1.82, 2.24) is 5.32 Å². The Bertz CT molecular complexity index is 536. The number of ketones is 1. The van der Waals surface area contributed by atoms with Gasteiger partial charge in [-0.25, -0.2) is 0 Å². The lowest BCUT2D eigenvalue weighted by Gasteiger charge is -2.61. The van der Waals surface area contributed by atoms with Crippen LogP contribution in [0.15, 0.2) is 30.3 Å². The van der Waals surface area contributed by atoms with Crippen LogP contribution in [0.3, 0.4) is 0 Å². The lowest BCUT2D eigenvalue weighted by molar-refractivity contribution is -0.145. The van der Waals surface area contributed by atoms with Crippen LogP contribution in [0.25, 0.3) is 0 Å². The zero-order valence-electron chi connectivity index (χ0n) is 12.9. The fraction of sp³-hybridized carbons (Fsp3) is 0.632. The fourth-order valence-electron chi connectivity index (χ4n) is 6.07. The van der Waals surface area contributed by atoms with Gasteiger partial charge in [-0.1, -0.05) is 30.3 Å². The van der Waals surface area contributed by atoms with Gasteiger partial charge in [0.25, 0.3) is 0 Å². The first-order valence-electron chi connectivity index (χ1n) is 8.39. The minimum Gasteiger partial charge on any atom is -0.313 e. The van der Waals surface area contributed by atoms with Crippen molar-refractivity contribution in [3.05, 3.63) is 35.9 Å². The summed E-state index contributed by atoms with van der Waals surface area (Å²) in [4.78, 5) is 12.8. The number of carbonyl (C=O) groups is 1. The Hall–Kier alpha value is -1.15. The van der Waals surface area contributed by atoms with Crippen LogP contribution in [0.4, 0.5) is 0 Å². The molecule has 1 aromatic carbocycles. The smallest absolute Gasteiger partial charge is 0.152 e. The van der Waals surface area contributed by atoms with Crippen LogP contribution in [0.2, 0.25) is 0 Å². The van der Waals surface area contributed by atoms with E-state index in [0.717, 1.165) is 31.1 Å². The number of hydrogen-bond donors (Lipinski definition) is 1. The van der Waals surface area contributed by atoms with Crippen molar-refractivity contribution >= 4 is 5.78 Å². The van der Waals surface area contributed by atoms with Gasteiger partial charge in [-0.15, -0.1) is 0 Å². The van der Waals surface area contributed by atoms with Gasteiger partial charge < -0.3 is 5.32 Å². The molecule has 4 bridgehead atoms. The van der Waals surface area contributed by atoms with E-state index in [1.807, 2.05) is 7.05 Å². The van der Waals surface area contributed by atoms with Gasteiger partial charge in [-0.2, -0.15) is 0 Å². The normalized spacial score (nSPS) is 40.4. The molecule has 2 unspecified atom stereocenters. The summed E-state index contributed by atoms with van der Waals surface area (Å²) in [5.41, 5.74) is 1.75. The summed E-state index contributed by atoms with van der Waals surface area (Å²) in [5.74, 6) is 2.01. The molecule has 0 amide bonds. The number of carbonyl (C=O) groups excluding carboxylic acids is 1. The Morgan fingerprint density at radius 1 is 1.14 bits per heavy atom. The molecule has 21 heavy (non-hydrogen) atoms. The first-order chi connectivity index (χ1) is 10.2. The topological polar surface area (TPSA) is 29.1 Å². The Morgan fingerprint density at radius 2 is 1.81 bits per heavy atom. The number of benzene rings is 1. The van der Waals surface area contributed by atoms with Crippen LogP contribution in [-0.4, -0.2) is 19.4 Å². The second kappa shape index (κ2) is 4.67. The summed E-state index contributed by atoms with van der Waals surface area (Å²) in [7, 11) is 1.89. The summed E-state index contributed by atoms with van der Waals surface area (Å²) < 4.78 is 0. The average molecular weight is 283 g/mol. The summed E-state index contributed by atoms with van der Waals surface area (Å²) in [5, 5.41) is 3.10. The first-order valence-corrected chi connectivity index (χ1v) is 8.39. The molecule has 0 saturated heterocycles. The monoisotopic (exact) mass is 283 g/mol. The van der Waals surface area contributed by atoms with Crippen molar-refractivity contribution in [2.75, 3.05) is 13.6 Å². The van der Waals surface area contributed by atoms with E-state index in [0.29, 0.717) is 12.3 Å². The van der Waals surface area contributed by atoms with Gasteiger partial charge in [0.1, 0.15) is 0 Å². The van der Waals surface area contributed by atoms with E-state index >= 15 is 0 Å².